The lowest BCUT2D eigenvalue weighted by molar-refractivity contribution is -0.151. The molecular weight excluding hydrogens is 739 g/mol. The van der Waals surface area contributed by atoms with Gasteiger partial charge in [-0.2, -0.15) is 0 Å². The first-order valence-corrected chi connectivity index (χ1v) is 19.3. The molecule has 3 aromatic rings. The second-order valence-corrected chi connectivity index (χ2v) is 17.3. The zero-order valence-electron chi connectivity index (χ0n) is 34.1. The predicted molar refractivity (Wildman–Crippen MR) is 215 cm³/mol. The molecule has 2 aromatic heterocycles. The number of pyridine rings is 1. The van der Waals surface area contributed by atoms with Crippen molar-refractivity contribution >= 4 is 57.1 Å². The zero-order chi connectivity index (χ0) is 41.7. The fraction of sp³-hybridized carbons (Fsp3) is 0.525. The number of aromatic nitrogens is 2. The molecule has 5 amide bonds. The molecular formula is C40H55N7O8S. The number of esters is 1. The van der Waals surface area contributed by atoms with E-state index in [4.69, 9.17) is 19.2 Å². The smallest absolute Gasteiger partial charge is 0.331 e. The summed E-state index contributed by atoms with van der Waals surface area (Å²) in [7, 11) is 2.78. The molecule has 3 heterocycles. The molecule has 1 aliphatic rings. The van der Waals surface area contributed by atoms with Gasteiger partial charge in [0.2, 0.25) is 17.7 Å². The zero-order valence-corrected chi connectivity index (χ0v) is 34.9. The lowest BCUT2D eigenvalue weighted by atomic mass is 9.85. The molecule has 15 nitrogen and oxygen atoms in total. The number of fused-ring (bicyclic) bond motifs is 1. The fourth-order valence-electron chi connectivity index (χ4n) is 6.14. The Morgan fingerprint density at radius 3 is 2.29 bits per heavy atom. The van der Waals surface area contributed by atoms with Gasteiger partial charge in [0.1, 0.15) is 40.9 Å². The van der Waals surface area contributed by atoms with Crippen molar-refractivity contribution in [2.75, 3.05) is 26.1 Å². The van der Waals surface area contributed by atoms with Crippen LogP contribution in [-0.4, -0.2) is 95.1 Å². The first-order chi connectivity index (χ1) is 26.1. The molecule has 0 radical (unpaired) electrons. The van der Waals surface area contributed by atoms with E-state index in [-0.39, 0.29) is 36.8 Å². The van der Waals surface area contributed by atoms with Crippen LogP contribution in [-0.2, 0) is 23.9 Å². The van der Waals surface area contributed by atoms with Crippen LogP contribution in [0, 0.1) is 10.8 Å². The number of nitrogens with zero attached hydrogens (tertiary/aromatic N) is 3. The van der Waals surface area contributed by atoms with Crippen LogP contribution in [0.3, 0.4) is 0 Å². The maximum Gasteiger partial charge on any atom is 0.331 e. The summed E-state index contributed by atoms with van der Waals surface area (Å²) in [4.78, 5) is 77.6. The second kappa shape index (κ2) is 17.3. The molecule has 1 unspecified atom stereocenters. The van der Waals surface area contributed by atoms with Crippen molar-refractivity contribution in [2.24, 2.45) is 10.8 Å². The number of thiazole rings is 1. The van der Waals surface area contributed by atoms with Crippen LogP contribution in [0.1, 0.15) is 75.2 Å². The van der Waals surface area contributed by atoms with E-state index in [9.17, 15) is 24.0 Å². The van der Waals surface area contributed by atoms with Gasteiger partial charge in [0, 0.05) is 42.3 Å². The molecule has 0 spiro atoms. The Labute approximate surface area is 332 Å². The standard InChI is InChI=1S/C40H55N7O8S/c1-13-16-40(10,35(51)54-12)46-33(49)30-18-25(20-47(30)34(50)32(39(7,8)9)45-36(52)41-22(2)38(4,5)6)55-31-19-28(29-21-56-37(44-29)42-23(3)48)43-27-17-24(53-11)14-15-26(27)31/h13-15,17,19,21-22,25,30,32H,1,16,18,20H2,2-12H3,(H,46,49)(H2,41,45,52)(H,42,44,48)/t22-,25?,30+,32-,40-/m1/s1. The number of carbonyl (C=O) groups is 5. The monoisotopic (exact) mass is 793 g/mol. The number of amides is 5. The highest BCUT2D eigenvalue weighted by Gasteiger charge is 2.48. The van der Waals surface area contributed by atoms with Gasteiger partial charge in [-0.15, -0.1) is 17.9 Å². The number of likely N-dealkylation sites (tertiary alicyclic amines) is 1. The van der Waals surface area contributed by atoms with E-state index in [0.29, 0.717) is 38.9 Å². The van der Waals surface area contributed by atoms with Crippen molar-refractivity contribution in [1.29, 1.82) is 0 Å². The van der Waals surface area contributed by atoms with Gasteiger partial charge in [-0.25, -0.2) is 19.6 Å². The fourth-order valence-corrected chi connectivity index (χ4v) is 6.89. The van der Waals surface area contributed by atoms with Crippen LogP contribution in [0.4, 0.5) is 9.93 Å². The van der Waals surface area contributed by atoms with Crippen molar-refractivity contribution < 1.29 is 38.2 Å². The molecule has 1 fully saturated rings. The number of urea groups is 1. The van der Waals surface area contributed by atoms with Gasteiger partial charge < -0.3 is 40.4 Å². The number of methoxy groups -OCH3 is 2. The molecule has 0 saturated carbocycles. The van der Waals surface area contributed by atoms with Crippen LogP contribution in [0.25, 0.3) is 22.3 Å². The summed E-state index contributed by atoms with van der Waals surface area (Å²) in [6.07, 6.45) is 0.894. The van der Waals surface area contributed by atoms with Gasteiger partial charge in [-0.1, -0.05) is 47.6 Å². The Bertz CT molecular complexity index is 1970. The summed E-state index contributed by atoms with van der Waals surface area (Å²) in [5.41, 5.74) is -0.992. The molecule has 1 aliphatic heterocycles. The van der Waals surface area contributed by atoms with Gasteiger partial charge >= 0.3 is 12.0 Å². The molecule has 56 heavy (non-hydrogen) atoms. The quantitative estimate of drug-likeness (QED) is 0.128. The average molecular weight is 794 g/mol. The molecule has 0 bridgehead atoms. The molecule has 4 rings (SSSR count). The SMILES string of the molecule is C=CC[C@@](C)(NC(=O)[C@@H]1CC(Oc2cc(-c3csc(NC(C)=O)n3)nc3cc(OC)ccc23)CN1C(=O)[C@@H](NC(=O)N[C@H](C)C(C)(C)C)C(C)(C)C)C(=O)OC. The van der Waals surface area contributed by atoms with Gasteiger partial charge in [0.25, 0.3) is 0 Å². The second-order valence-electron chi connectivity index (χ2n) is 16.4. The summed E-state index contributed by atoms with van der Waals surface area (Å²) in [6.45, 7) is 20.0. The summed E-state index contributed by atoms with van der Waals surface area (Å²) >= 11 is 1.25. The number of carbonyl (C=O) groups excluding carboxylic acids is 5. The number of hydrogen-bond acceptors (Lipinski definition) is 11. The van der Waals surface area contributed by atoms with Gasteiger partial charge in [0.05, 0.1) is 32.0 Å². The van der Waals surface area contributed by atoms with E-state index in [1.165, 1.54) is 43.3 Å². The molecule has 4 N–H and O–H groups in total. The van der Waals surface area contributed by atoms with E-state index >= 15 is 0 Å². The van der Waals surface area contributed by atoms with Crippen LogP contribution in [0.5, 0.6) is 11.5 Å². The van der Waals surface area contributed by atoms with Gasteiger partial charge in [-0.3, -0.25) is 14.4 Å². The van der Waals surface area contributed by atoms with Crippen molar-refractivity contribution in [3.63, 3.8) is 0 Å². The van der Waals surface area contributed by atoms with Crippen LogP contribution in [0.15, 0.2) is 42.3 Å². The third-order valence-corrected chi connectivity index (χ3v) is 10.6. The molecule has 5 atom stereocenters. The lowest BCUT2D eigenvalue weighted by Gasteiger charge is -2.37. The largest absolute Gasteiger partial charge is 0.497 e. The normalized spacial score (nSPS) is 17.9. The average Bonchev–Trinajstić information content (AvgIpc) is 3.76. The number of rotatable bonds is 13. The number of nitrogens with one attached hydrogen (secondary N) is 4. The first-order valence-electron chi connectivity index (χ1n) is 18.4. The lowest BCUT2D eigenvalue weighted by Crippen LogP contribution is -2.62. The summed E-state index contributed by atoms with van der Waals surface area (Å²) in [5, 5.41) is 14.1. The molecule has 1 aromatic carbocycles. The molecule has 304 valence electrons. The molecule has 1 saturated heterocycles. The third-order valence-electron chi connectivity index (χ3n) is 9.79. The Morgan fingerprint density at radius 2 is 1.70 bits per heavy atom. The van der Waals surface area contributed by atoms with E-state index < -0.39 is 53.0 Å². The van der Waals surface area contributed by atoms with Crippen molar-refractivity contribution in [2.45, 2.75) is 105 Å². The minimum atomic E-state index is -1.47. The molecule has 16 heteroatoms. The Balaban J connectivity index is 1.76. The first kappa shape index (κ1) is 43.5. The predicted octanol–water partition coefficient (Wildman–Crippen LogP) is 5.45. The number of ether oxygens (including phenoxy) is 3. The van der Waals surface area contributed by atoms with Crippen LogP contribution >= 0.6 is 11.3 Å². The molecule has 0 aliphatic carbocycles. The van der Waals surface area contributed by atoms with Gasteiger partial charge in [0.15, 0.2) is 5.13 Å². The number of anilines is 1. The van der Waals surface area contributed by atoms with E-state index in [1.54, 1.807) is 36.8 Å². The van der Waals surface area contributed by atoms with Crippen molar-refractivity contribution in [3.8, 4) is 22.9 Å². The highest BCUT2D eigenvalue weighted by Crippen LogP contribution is 2.36. The number of hydrogen-bond donors (Lipinski definition) is 4. The third kappa shape index (κ3) is 10.3. The van der Waals surface area contributed by atoms with Crippen LogP contribution in [0.2, 0.25) is 0 Å². The van der Waals surface area contributed by atoms with E-state index in [0.717, 1.165) is 0 Å². The Morgan fingerprint density at radius 1 is 1.00 bits per heavy atom. The Kier molecular flexibility index (Phi) is 13.4. The minimum Gasteiger partial charge on any atom is -0.497 e. The van der Waals surface area contributed by atoms with Gasteiger partial charge in [-0.05, 0) is 43.2 Å². The van der Waals surface area contributed by atoms with Crippen molar-refractivity contribution in [1.82, 2.24) is 30.8 Å². The highest BCUT2D eigenvalue weighted by atomic mass is 32.1. The summed E-state index contributed by atoms with van der Waals surface area (Å²) in [5.74, 6) is -1.06. The maximum atomic E-state index is 14.7. The summed E-state index contributed by atoms with van der Waals surface area (Å²) in [6, 6.07) is 4.17. The minimum absolute atomic E-state index is 0.0275. The Hall–Kier alpha value is -5.25. The van der Waals surface area contributed by atoms with Crippen molar-refractivity contribution in [3.05, 3.63) is 42.3 Å². The summed E-state index contributed by atoms with van der Waals surface area (Å²) < 4.78 is 17.2. The van der Waals surface area contributed by atoms with E-state index in [2.05, 4.69) is 32.8 Å². The highest BCUT2D eigenvalue weighted by molar-refractivity contribution is 7.14. The topological polar surface area (TPSA) is 190 Å². The van der Waals surface area contributed by atoms with E-state index in [1.807, 2.05) is 48.5 Å². The van der Waals surface area contributed by atoms with Crippen LogP contribution < -0.4 is 30.7 Å². The maximum absolute atomic E-state index is 14.7. The number of benzene rings is 1.